The minimum absolute atomic E-state index is 0.116. The molecule has 1 heterocycles. The second kappa shape index (κ2) is 9.49. The lowest BCUT2D eigenvalue weighted by Gasteiger charge is -2.12. The van der Waals surface area contributed by atoms with Gasteiger partial charge in [-0.15, -0.1) is 0 Å². The number of nitrogens with zero attached hydrogens (tertiary/aromatic N) is 3. The molecule has 9 heteroatoms. The molecular weight excluding hydrogens is 412 g/mol. The highest BCUT2D eigenvalue weighted by Crippen LogP contribution is 2.29. The van der Waals surface area contributed by atoms with Gasteiger partial charge in [0, 0.05) is 5.02 Å². The standard InChI is InChI=1S/C20H19ClN4O3S/c1-3-27-18-10-15(11-22-25-19(26)13(2)23-24-20(25)29)6-9-17(18)28-12-14-4-7-16(21)8-5-14/h4-11H,3,12H2,1-2H3,(H,24,29)/b22-11+. The zero-order valence-electron chi connectivity index (χ0n) is 15.9. The Kier molecular flexibility index (Phi) is 6.79. The number of ether oxygens (including phenoxy) is 2. The van der Waals surface area contributed by atoms with E-state index in [9.17, 15) is 4.79 Å². The first-order valence-electron chi connectivity index (χ1n) is 8.84. The molecule has 150 valence electrons. The Morgan fingerprint density at radius 2 is 1.97 bits per heavy atom. The molecule has 0 aliphatic rings. The number of aromatic amines is 1. The van der Waals surface area contributed by atoms with Crippen LogP contribution in [0.1, 0.15) is 23.7 Å². The number of aryl methyl sites for hydroxylation is 1. The average molecular weight is 431 g/mol. The maximum atomic E-state index is 12.1. The summed E-state index contributed by atoms with van der Waals surface area (Å²) in [6.07, 6.45) is 1.52. The van der Waals surface area contributed by atoms with Gasteiger partial charge in [0.1, 0.15) is 12.3 Å². The molecule has 0 aliphatic carbocycles. The summed E-state index contributed by atoms with van der Waals surface area (Å²) in [5.74, 6) is 1.18. The van der Waals surface area contributed by atoms with E-state index in [0.717, 1.165) is 15.8 Å². The third-order valence-corrected chi connectivity index (χ3v) is 4.43. The van der Waals surface area contributed by atoms with Crippen LogP contribution in [0.15, 0.2) is 52.4 Å². The molecule has 0 aliphatic heterocycles. The van der Waals surface area contributed by atoms with Crippen molar-refractivity contribution >= 4 is 30.0 Å². The lowest BCUT2D eigenvalue weighted by atomic mass is 10.2. The number of hydrogen-bond donors (Lipinski definition) is 1. The van der Waals surface area contributed by atoms with Crippen molar-refractivity contribution in [1.82, 2.24) is 14.9 Å². The lowest BCUT2D eigenvalue weighted by molar-refractivity contribution is 0.269. The van der Waals surface area contributed by atoms with Gasteiger partial charge < -0.3 is 9.47 Å². The van der Waals surface area contributed by atoms with Gasteiger partial charge in [0.05, 0.1) is 12.8 Å². The average Bonchev–Trinajstić information content (AvgIpc) is 2.71. The number of nitrogens with one attached hydrogen (secondary N) is 1. The summed E-state index contributed by atoms with van der Waals surface area (Å²) in [7, 11) is 0. The fourth-order valence-electron chi connectivity index (χ4n) is 2.44. The van der Waals surface area contributed by atoms with Crippen molar-refractivity contribution in [3.05, 3.63) is 79.4 Å². The molecular formula is C20H19ClN4O3S. The van der Waals surface area contributed by atoms with E-state index in [2.05, 4.69) is 15.3 Å². The van der Waals surface area contributed by atoms with Gasteiger partial charge in [-0.1, -0.05) is 23.7 Å². The van der Waals surface area contributed by atoms with Crippen LogP contribution in [-0.4, -0.2) is 27.7 Å². The van der Waals surface area contributed by atoms with E-state index < -0.39 is 0 Å². The summed E-state index contributed by atoms with van der Waals surface area (Å²) < 4.78 is 12.8. The molecule has 0 bridgehead atoms. The van der Waals surface area contributed by atoms with E-state index in [1.54, 1.807) is 19.1 Å². The van der Waals surface area contributed by atoms with Gasteiger partial charge in [-0.05, 0) is 67.5 Å². The number of hydrogen-bond acceptors (Lipinski definition) is 6. The van der Waals surface area contributed by atoms with Gasteiger partial charge in [0.25, 0.3) is 5.56 Å². The minimum atomic E-state index is -0.377. The third-order valence-electron chi connectivity index (χ3n) is 3.91. The Labute approximate surface area is 177 Å². The second-order valence-electron chi connectivity index (χ2n) is 6.03. The molecule has 0 saturated carbocycles. The second-order valence-corrected chi connectivity index (χ2v) is 6.85. The quantitative estimate of drug-likeness (QED) is 0.450. The molecule has 0 radical (unpaired) electrons. The molecule has 0 fully saturated rings. The number of H-pyrrole nitrogens is 1. The van der Waals surface area contributed by atoms with Gasteiger partial charge in [0.15, 0.2) is 11.5 Å². The van der Waals surface area contributed by atoms with E-state index in [-0.39, 0.29) is 16.0 Å². The van der Waals surface area contributed by atoms with E-state index in [0.29, 0.717) is 29.7 Å². The van der Waals surface area contributed by atoms with Crippen LogP contribution in [0.4, 0.5) is 0 Å². The molecule has 3 rings (SSSR count). The fraction of sp³-hybridized carbons (Fsp3) is 0.200. The first kappa shape index (κ1) is 20.8. The molecule has 1 N–H and O–H groups in total. The van der Waals surface area contributed by atoms with Crippen molar-refractivity contribution in [2.75, 3.05) is 6.61 Å². The van der Waals surface area contributed by atoms with Crippen molar-refractivity contribution in [1.29, 1.82) is 0 Å². The maximum Gasteiger partial charge on any atom is 0.296 e. The van der Waals surface area contributed by atoms with Gasteiger partial charge >= 0.3 is 0 Å². The van der Waals surface area contributed by atoms with Gasteiger partial charge in [-0.25, -0.2) is 0 Å². The predicted octanol–water partition coefficient (Wildman–Crippen LogP) is 4.12. The van der Waals surface area contributed by atoms with Gasteiger partial charge in [-0.3, -0.25) is 9.89 Å². The summed E-state index contributed by atoms with van der Waals surface area (Å²) in [5.41, 5.74) is 1.61. The molecule has 3 aromatic rings. The number of aromatic nitrogens is 3. The first-order chi connectivity index (χ1) is 14.0. The topological polar surface area (TPSA) is 81.5 Å². The number of rotatable bonds is 7. The third kappa shape index (κ3) is 5.30. The minimum Gasteiger partial charge on any atom is -0.490 e. The maximum absolute atomic E-state index is 12.1. The summed E-state index contributed by atoms with van der Waals surface area (Å²) in [6, 6.07) is 12.8. The molecule has 29 heavy (non-hydrogen) atoms. The molecule has 0 atom stereocenters. The normalized spacial score (nSPS) is 11.0. The number of halogens is 1. The summed E-state index contributed by atoms with van der Waals surface area (Å²) in [6.45, 7) is 4.33. The van der Waals surface area contributed by atoms with Crippen LogP contribution >= 0.6 is 23.8 Å². The zero-order valence-corrected chi connectivity index (χ0v) is 17.5. The Hall–Kier alpha value is -2.97. The molecule has 7 nitrogen and oxygen atoms in total. The monoisotopic (exact) mass is 430 g/mol. The van der Waals surface area contributed by atoms with Crippen LogP contribution in [0.3, 0.4) is 0 Å². The molecule has 0 saturated heterocycles. The molecule has 1 aromatic heterocycles. The highest BCUT2D eigenvalue weighted by molar-refractivity contribution is 7.71. The highest BCUT2D eigenvalue weighted by atomic mass is 35.5. The van der Waals surface area contributed by atoms with E-state index >= 15 is 0 Å². The zero-order chi connectivity index (χ0) is 20.8. The molecule has 0 amide bonds. The Bertz CT molecular complexity index is 1140. The first-order valence-corrected chi connectivity index (χ1v) is 9.63. The Morgan fingerprint density at radius 3 is 2.69 bits per heavy atom. The molecule has 0 unspecified atom stereocenters. The highest BCUT2D eigenvalue weighted by Gasteiger charge is 2.07. The summed E-state index contributed by atoms with van der Waals surface area (Å²) >= 11 is 11.0. The lowest BCUT2D eigenvalue weighted by Crippen LogP contribution is -2.22. The SMILES string of the molecule is CCOc1cc(/C=N/n2c(=S)[nH]nc(C)c2=O)ccc1OCc1ccc(Cl)cc1. The van der Waals surface area contributed by atoms with E-state index in [1.165, 1.54) is 6.21 Å². The van der Waals surface area contributed by atoms with Crippen molar-refractivity contribution in [3.8, 4) is 11.5 Å². The smallest absolute Gasteiger partial charge is 0.296 e. The summed E-state index contributed by atoms with van der Waals surface area (Å²) in [5, 5.41) is 11.2. The van der Waals surface area contributed by atoms with Crippen molar-refractivity contribution in [2.45, 2.75) is 20.5 Å². The van der Waals surface area contributed by atoms with Crippen LogP contribution in [0, 0.1) is 11.7 Å². The molecule has 0 spiro atoms. The number of benzene rings is 2. The van der Waals surface area contributed by atoms with Crippen LogP contribution in [0.2, 0.25) is 5.02 Å². The van der Waals surface area contributed by atoms with E-state index in [4.69, 9.17) is 33.3 Å². The van der Waals surface area contributed by atoms with Crippen molar-refractivity contribution < 1.29 is 9.47 Å². The van der Waals surface area contributed by atoms with E-state index in [1.807, 2.05) is 37.3 Å². The largest absolute Gasteiger partial charge is 0.490 e. The Morgan fingerprint density at radius 1 is 1.21 bits per heavy atom. The van der Waals surface area contributed by atoms with Crippen LogP contribution in [-0.2, 0) is 6.61 Å². The summed E-state index contributed by atoms with van der Waals surface area (Å²) in [4.78, 5) is 12.1. The van der Waals surface area contributed by atoms with Gasteiger partial charge in [-0.2, -0.15) is 14.9 Å². The predicted molar refractivity (Wildman–Crippen MR) is 115 cm³/mol. The fourth-order valence-corrected chi connectivity index (χ4v) is 2.74. The molecule has 2 aromatic carbocycles. The van der Waals surface area contributed by atoms with Crippen LogP contribution in [0.5, 0.6) is 11.5 Å². The van der Waals surface area contributed by atoms with Crippen molar-refractivity contribution in [3.63, 3.8) is 0 Å². The van der Waals surface area contributed by atoms with Crippen molar-refractivity contribution in [2.24, 2.45) is 5.10 Å². The Balaban J connectivity index is 1.82. The van der Waals surface area contributed by atoms with Crippen LogP contribution < -0.4 is 15.0 Å². The van der Waals surface area contributed by atoms with Crippen LogP contribution in [0.25, 0.3) is 0 Å². The van der Waals surface area contributed by atoms with Gasteiger partial charge in [0.2, 0.25) is 4.77 Å².